The molecule has 2 aromatic heterocycles. The fourth-order valence-electron chi connectivity index (χ4n) is 1.98. The zero-order valence-electron chi connectivity index (χ0n) is 12.6. The van der Waals surface area contributed by atoms with E-state index in [2.05, 4.69) is 16.7 Å². The number of hydrogen-bond donors (Lipinski definition) is 2. The van der Waals surface area contributed by atoms with E-state index in [1.165, 1.54) is 4.88 Å². The maximum atomic E-state index is 12.2. The van der Waals surface area contributed by atoms with Gasteiger partial charge < -0.3 is 19.9 Å². The third-order valence-corrected chi connectivity index (χ3v) is 3.90. The summed E-state index contributed by atoms with van der Waals surface area (Å²) < 4.78 is 6.91. The van der Waals surface area contributed by atoms with Crippen molar-refractivity contribution < 1.29 is 9.53 Å². The maximum Gasteiger partial charge on any atom is 0.267 e. The second-order valence-corrected chi connectivity index (χ2v) is 5.63. The van der Waals surface area contributed by atoms with Crippen LogP contribution < -0.4 is 10.6 Å². The molecule has 0 fully saturated rings. The van der Waals surface area contributed by atoms with E-state index in [0.717, 1.165) is 19.6 Å². The van der Waals surface area contributed by atoms with Crippen molar-refractivity contribution in [2.75, 3.05) is 33.4 Å². The molecular weight excluding hydrogens is 322 g/mol. The lowest BCUT2D eigenvalue weighted by atomic mass is 10.3. The third kappa shape index (κ3) is 5.81. The standard InChI is InChI=1S/C15H21N3O2S.ClH/c1-20-10-8-16-6-7-17-15(19)14-5-2-9-18(14)12-13-4-3-11-21-13;/h2-5,9,11,16H,6-8,10,12H2,1H3,(H,17,19);1H. The maximum absolute atomic E-state index is 12.2. The van der Waals surface area contributed by atoms with Crippen LogP contribution >= 0.6 is 23.7 Å². The van der Waals surface area contributed by atoms with Gasteiger partial charge >= 0.3 is 0 Å². The van der Waals surface area contributed by atoms with E-state index in [0.29, 0.717) is 18.8 Å². The van der Waals surface area contributed by atoms with Gasteiger partial charge in [0, 0.05) is 37.8 Å². The van der Waals surface area contributed by atoms with Crippen LogP contribution in [0.2, 0.25) is 0 Å². The molecule has 0 unspecified atom stereocenters. The van der Waals surface area contributed by atoms with Crippen LogP contribution in [0.25, 0.3) is 0 Å². The zero-order chi connectivity index (χ0) is 14.9. The first-order chi connectivity index (χ1) is 10.3. The molecule has 0 atom stereocenters. The zero-order valence-corrected chi connectivity index (χ0v) is 14.2. The summed E-state index contributed by atoms with van der Waals surface area (Å²) in [5.41, 5.74) is 0.695. The molecule has 2 heterocycles. The molecule has 122 valence electrons. The molecule has 0 aromatic carbocycles. The quantitative estimate of drug-likeness (QED) is 0.685. The number of hydrogen-bond acceptors (Lipinski definition) is 4. The number of methoxy groups -OCH3 is 1. The molecule has 0 aliphatic heterocycles. The van der Waals surface area contributed by atoms with E-state index in [1.807, 2.05) is 34.3 Å². The van der Waals surface area contributed by atoms with Crippen LogP contribution in [0.15, 0.2) is 35.8 Å². The third-order valence-electron chi connectivity index (χ3n) is 3.04. The Morgan fingerprint density at radius 2 is 2.14 bits per heavy atom. The average Bonchev–Trinajstić information content (AvgIpc) is 3.14. The van der Waals surface area contributed by atoms with Gasteiger partial charge in [0.2, 0.25) is 0 Å². The smallest absolute Gasteiger partial charge is 0.267 e. The molecule has 22 heavy (non-hydrogen) atoms. The van der Waals surface area contributed by atoms with Gasteiger partial charge in [-0.2, -0.15) is 0 Å². The number of aromatic nitrogens is 1. The molecule has 0 aliphatic carbocycles. The minimum Gasteiger partial charge on any atom is -0.383 e. The van der Waals surface area contributed by atoms with Crippen LogP contribution in [-0.2, 0) is 11.3 Å². The lowest BCUT2D eigenvalue weighted by molar-refractivity contribution is 0.0945. The molecule has 0 aliphatic rings. The first kappa shape index (κ1) is 18.7. The Bertz CT molecular complexity index is 543. The highest BCUT2D eigenvalue weighted by molar-refractivity contribution is 7.09. The number of carbonyl (C=O) groups is 1. The van der Waals surface area contributed by atoms with Gasteiger partial charge in [-0.05, 0) is 23.6 Å². The minimum absolute atomic E-state index is 0. The predicted molar refractivity (Wildman–Crippen MR) is 92.2 cm³/mol. The van der Waals surface area contributed by atoms with Crippen molar-refractivity contribution in [2.45, 2.75) is 6.54 Å². The highest BCUT2D eigenvalue weighted by Gasteiger charge is 2.10. The van der Waals surface area contributed by atoms with Gasteiger partial charge in [-0.3, -0.25) is 4.79 Å². The van der Waals surface area contributed by atoms with Crippen LogP contribution in [0.4, 0.5) is 0 Å². The largest absolute Gasteiger partial charge is 0.383 e. The summed E-state index contributed by atoms with van der Waals surface area (Å²) in [5, 5.41) is 8.16. The van der Waals surface area contributed by atoms with Crippen molar-refractivity contribution in [1.29, 1.82) is 0 Å². The topological polar surface area (TPSA) is 55.3 Å². The fraction of sp³-hybridized carbons (Fsp3) is 0.400. The molecule has 0 spiro atoms. The molecule has 0 saturated heterocycles. The number of nitrogens with zero attached hydrogens (tertiary/aromatic N) is 1. The molecule has 2 N–H and O–H groups in total. The number of rotatable bonds is 9. The molecule has 0 bridgehead atoms. The average molecular weight is 344 g/mol. The molecule has 1 amide bonds. The number of thiophene rings is 1. The minimum atomic E-state index is -0.0369. The molecule has 5 nitrogen and oxygen atoms in total. The Balaban J connectivity index is 0.00000242. The first-order valence-electron chi connectivity index (χ1n) is 6.96. The van der Waals surface area contributed by atoms with Crippen LogP contribution in [0.5, 0.6) is 0 Å². The van der Waals surface area contributed by atoms with Gasteiger partial charge in [-0.1, -0.05) is 6.07 Å². The normalized spacial score (nSPS) is 10.2. The fourth-order valence-corrected chi connectivity index (χ4v) is 2.69. The van der Waals surface area contributed by atoms with Gasteiger partial charge in [-0.15, -0.1) is 23.7 Å². The van der Waals surface area contributed by atoms with E-state index in [-0.39, 0.29) is 18.3 Å². The van der Waals surface area contributed by atoms with Crippen LogP contribution in [-0.4, -0.2) is 43.8 Å². The van der Waals surface area contributed by atoms with E-state index in [9.17, 15) is 4.79 Å². The van der Waals surface area contributed by atoms with E-state index in [1.54, 1.807) is 18.4 Å². The summed E-state index contributed by atoms with van der Waals surface area (Å²) in [6.45, 7) is 3.55. The van der Waals surface area contributed by atoms with Crippen LogP contribution in [0, 0.1) is 0 Å². The van der Waals surface area contributed by atoms with Crippen molar-refractivity contribution in [3.05, 3.63) is 46.4 Å². The number of ether oxygens (including phenoxy) is 1. The molecule has 2 rings (SSSR count). The van der Waals surface area contributed by atoms with Crippen molar-refractivity contribution in [1.82, 2.24) is 15.2 Å². The van der Waals surface area contributed by atoms with Gasteiger partial charge in [0.15, 0.2) is 0 Å². The van der Waals surface area contributed by atoms with Crippen LogP contribution in [0.1, 0.15) is 15.4 Å². The second kappa shape index (κ2) is 10.4. The van der Waals surface area contributed by atoms with Gasteiger partial charge in [0.05, 0.1) is 13.2 Å². The van der Waals surface area contributed by atoms with E-state index >= 15 is 0 Å². The van der Waals surface area contributed by atoms with E-state index < -0.39 is 0 Å². The van der Waals surface area contributed by atoms with E-state index in [4.69, 9.17) is 4.74 Å². The lowest BCUT2D eigenvalue weighted by Gasteiger charge is -2.09. The van der Waals surface area contributed by atoms with Crippen LogP contribution in [0.3, 0.4) is 0 Å². The Morgan fingerprint density at radius 3 is 2.86 bits per heavy atom. The molecule has 0 saturated carbocycles. The molecular formula is C15H22ClN3O2S. The predicted octanol–water partition coefficient (Wildman–Crippen LogP) is 1.99. The van der Waals surface area contributed by atoms with Crippen molar-refractivity contribution >= 4 is 29.7 Å². The van der Waals surface area contributed by atoms with Gasteiger partial charge in [0.1, 0.15) is 5.69 Å². The highest BCUT2D eigenvalue weighted by Crippen LogP contribution is 2.12. The summed E-state index contributed by atoms with van der Waals surface area (Å²) in [6.07, 6.45) is 1.94. The monoisotopic (exact) mass is 343 g/mol. The Kier molecular flexibility index (Phi) is 8.84. The first-order valence-corrected chi connectivity index (χ1v) is 7.84. The number of halogens is 1. The SMILES string of the molecule is COCCNCCNC(=O)c1cccn1Cc1cccs1.Cl. The Hall–Kier alpha value is -1.34. The molecule has 7 heteroatoms. The molecule has 0 radical (unpaired) electrons. The number of amides is 1. The lowest BCUT2D eigenvalue weighted by Crippen LogP contribution is -2.34. The second-order valence-electron chi connectivity index (χ2n) is 4.60. The van der Waals surface area contributed by atoms with Crippen molar-refractivity contribution in [3.63, 3.8) is 0 Å². The highest BCUT2D eigenvalue weighted by atomic mass is 35.5. The van der Waals surface area contributed by atoms with Crippen molar-refractivity contribution in [2.24, 2.45) is 0 Å². The summed E-state index contributed by atoms with van der Waals surface area (Å²) in [4.78, 5) is 13.4. The van der Waals surface area contributed by atoms with Gasteiger partial charge in [-0.25, -0.2) is 0 Å². The number of nitrogens with one attached hydrogen (secondary N) is 2. The summed E-state index contributed by atoms with van der Waals surface area (Å²) in [7, 11) is 1.67. The van der Waals surface area contributed by atoms with Gasteiger partial charge in [0.25, 0.3) is 5.91 Å². The number of carbonyl (C=O) groups excluding carboxylic acids is 1. The molecule has 2 aromatic rings. The summed E-state index contributed by atoms with van der Waals surface area (Å²) >= 11 is 1.70. The summed E-state index contributed by atoms with van der Waals surface area (Å²) in [6, 6.07) is 7.85. The Morgan fingerprint density at radius 1 is 1.27 bits per heavy atom. The van der Waals surface area contributed by atoms with Crippen molar-refractivity contribution in [3.8, 4) is 0 Å². The summed E-state index contributed by atoms with van der Waals surface area (Å²) in [5.74, 6) is -0.0369. The Labute approximate surface area is 141 Å².